The van der Waals surface area contributed by atoms with Crippen LogP contribution in [0.5, 0.6) is 0 Å². The Balaban J connectivity index is 0.456. The number of fused-ring (bicyclic) bond motifs is 2. The van der Waals surface area contributed by atoms with Crippen LogP contribution in [-0.4, -0.2) is 294 Å². The zero-order chi connectivity index (χ0) is 77.5. The van der Waals surface area contributed by atoms with Crippen LogP contribution in [0.3, 0.4) is 0 Å². The van der Waals surface area contributed by atoms with Crippen molar-refractivity contribution in [3.63, 3.8) is 0 Å². The van der Waals surface area contributed by atoms with Gasteiger partial charge in [0.05, 0.1) is 90.4 Å². The predicted molar refractivity (Wildman–Crippen MR) is 410 cm³/mol. The normalized spacial score (nSPS) is 15.6. The number of amides is 7. The number of hydrogen-bond acceptors (Lipinski definition) is 23. The van der Waals surface area contributed by atoms with Crippen LogP contribution in [0.15, 0.2) is 78.9 Å². The summed E-state index contributed by atoms with van der Waals surface area (Å²) in [4.78, 5) is 103. The average molecular weight is 1530 g/mol. The van der Waals surface area contributed by atoms with Crippen molar-refractivity contribution in [2.24, 2.45) is 0 Å². The van der Waals surface area contributed by atoms with Gasteiger partial charge in [0.1, 0.15) is 12.3 Å². The topological polar surface area (TPSA) is 363 Å². The van der Waals surface area contributed by atoms with E-state index >= 15 is 0 Å². The standard InChI is InChI=1S/C78H116N16O16/c1-58(103-2)77(101)93-54-64-66(56-93)85-87-73(64)83-75(99)62-20-16-59(17-21-62)52-91-36-32-89(33-37-91)30-24-70(97)81-28-10-42-107-46-50-109-48-44-105-40-8-26-79-68(95)14-7-15-69(96)80-27-9-41-106-45-49-110-51-47-108-43-11-29-82-71(98)25-31-90-34-38-92(39-35-90)53-60-18-22-63(23-19-60)76(100)84-74-65-55-94(57-67(65)86-88-74)78(102)72(104-3)61-12-5-4-6-13-61/h4-6,12-13,16-23,58,68,72,79,95H,7-11,14-15,24-57H2,1-3H3,(H,80,96)(H,81,97)(H,82,98)(H2,83,85,87,99)(H2,84,86,88,100)/t58-,68?,72+/m1/s1. The summed E-state index contributed by atoms with van der Waals surface area (Å²) >= 11 is 0. The zero-order valence-electron chi connectivity index (χ0n) is 64.4. The van der Waals surface area contributed by atoms with Crippen molar-refractivity contribution < 1.29 is 76.6 Å². The minimum Gasteiger partial charge on any atom is -0.379 e. The fourth-order valence-electron chi connectivity index (χ4n) is 13.1. The maximum atomic E-state index is 13.4. The fraction of sp³-hybridized carbons (Fsp3) is 0.603. The van der Waals surface area contributed by atoms with Gasteiger partial charge in [0.25, 0.3) is 23.6 Å². The van der Waals surface area contributed by atoms with Crippen LogP contribution in [0.2, 0.25) is 0 Å². The Labute approximate surface area is 645 Å². The number of ether oxygens (including phenoxy) is 8. The molecule has 0 saturated carbocycles. The number of piperazine rings is 2. The molecule has 1 unspecified atom stereocenters. The summed E-state index contributed by atoms with van der Waals surface area (Å²) in [6.45, 7) is 20.9. The molecule has 4 aliphatic rings. The second kappa shape index (κ2) is 47.9. The summed E-state index contributed by atoms with van der Waals surface area (Å²) in [5.74, 6) is 0.0292. The number of anilines is 2. The number of methoxy groups -OCH3 is 2. The Kier molecular flexibility index (Phi) is 37.4. The molecule has 2 aromatic heterocycles. The molecule has 9 N–H and O–H groups in total. The summed E-state index contributed by atoms with van der Waals surface area (Å²) in [6.07, 6.45) is 3.09. The number of rotatable bonds is 52. The first-order chi connectivity index (χ1) is 53.7. The number of hydrogen-bond donors (Lipinski definition) is 9. The Bertz CT molecular complexity index is 3580. The molecular weight excluding hydrogens is 1420 g/mol. The molecule has 0 aliphatic carbocycles. The molecule has 0 radical (unpaired) electrons. The number of carbonyl (C=O) groups excluding carboxylic acids is 7. The number of H-pyrrole nitrogens is 2. The largest absolute Gasteiger partial charge is 0.379 e. The molecule has 32 nitrogen and oxygen atoms in total. The maximum absolute atomic E-state index is 13.4. The van der Waals surface area contributed by atoms with Gasteiger partial charge in [0.2, 0.25) is 17.7 Å². The molecule has 110 heavy (non-hydrogen) atoms. The minimum absolute atomic E-state index is 0.0284. The quantitative estimate of drug-likeness (QED) is 0.0198. The monoisotopic (exact) mass is 1530 g/mol. The first-order valence-electron chi connectivity index (χ1n) is 38.9. The number of aliphatic hydroxyl groups is 1. The maximum Gasteiger partial charge on any atom is 0.256 e. The molecule has 604 valence electrons. The van der Waals surface area contributed by atoms with Gasteiger partial charge in [-0.05, 0) is 92.9 Å². The van der Waals surface area contributed by atoms with Gasteiger partial charge in [0.15, 0.2) is 17.7 Å². The van der Waals surface area contributed by atoms with Crippen molar-refractivity contribution in [2.75, 3.05) is 196 Å². The number of carbonyl (C=O) groups is 7. The summed E-state index contributed by atoms with van der Waals surface area (Å²) < 4.78 is 44.6. The molecule has 2 saturated heterocycles. The number of aliphatic hydroxyl groups excluding tert-OH is 1. The van der Waals surface area contributed by atoms with Crippen molar-refractivity contribution in [1.82, 2.24) is 71.1 Å². The first-order valence-corrected chi connectivity index (χ1v) is 38.9. The summed E-state index contributed by atoms with van der Waals surface area (Å²) in [5.41, 5.74) is 7.21. The fourth-order valence-corrected chi connectivity index (χ4v) is 13.1. The lowest BCUT2D eigenvalue weighted by Gasteiger charge is -2.34. The molecule has 9 rings (SSSR count). The van der Waals surface area contributed by atoms with Gasteiger partial charge in [-0.2, -0.15) is 10.2 Å². The zero-order valence-corrected chi connectivity index (χ0v) is 64.4. The van der Waals surface area contributed by atoms with E-state index < -0.39 is 18.4 Å². The Hall–Kier alpha value is -8.19. The lowest BCUT2D eigenvalue weighted by atomic mass is 10.1. The van der Waals surface area contributed by atoms with Crippen LogP contribution >= 0.6 is 0 Å². The Morgan fingerprint density at radius 1 is 0.455 bits per heavy atom. The molecule has 0 spiro atoms. The molecule has 3 atom stereocenters. The predicted octanol–water partition coefficient (Wildman–Crippen LogP) is 3.55. The number of nitrogens with zero attached hydrogens (tertiary/aromatic N) is 8. The van der Waals surface area contributed by atoms with Gasteiger partial charge >= 0.3 is 0 Å². The SMILES string of the molecule is CO[C@H](C(=O)N1Cc2[nH]nc(NC(=O)c3ccc(CN4CCN(CCC(=O)NCCCOCCOCCOCCCNC(=O)CCCC(O)NCCCOCCOCCOCCCNC(=O)CCN5CCN(Cc6ccc(C(=O)Nc7n[nH]c8c7CN(C(=O)[C@@H](C)OC)C8)cc6)CC5)CC4)cc3)c2C1)c1ccccc1. The van der Waals surface area contributed by atoms with E-state index in [-0.39, 0.29) is 41.4 Å². The molecule has 4 aliphatic heterocycles. The molecule has 5 aromatic rings. The number of aromatic amines is 2. The van der Waals surface area contributed by atoms with E-state index in [1.54, 1.807) is 16.7 Å². The van der Waals surface area contributed by atoms with Gasteiger partial charge < -0.3 is 89.2 Å². The van der Waals surface area contributed by atoms with Gasteiger partial charge in [-0.25, -0.2) is 0 Å². The van der Waals surface area contributed by atoms with E-state index in [1.807, 2.05) is 78.9 Å². The molecule has 3 aromatic carbocycles. The van der Waals surface area contributed by atoms with E-state index in [0.717, 1.165) is 111 Å². The van der Waals surface area contributed by atoms with E-state index in [1.165, 1.54) is 14.2 Å². The highest BCUT2D eigenvalue weighted by Crippen LogP contribution is 2.32. The van der Waals surface area contributed by atoms with Crippen molar-refractivity contribution in [1.29, 1.82) is 0 Å². The van der Waals surface area contributed by atoms with Gasteiger partial charge in [0, 0.05) is 180 Å². The highest BCUT2D eigenvalue weighted by Gasteiger charge is 2.35. The van der Waals surface area contributed by atoms with Crippen molar-refractivity contribution in [3.05, 3.63) is 129 Å². The van der Waals surface area contributed by atoms with E-state index in [0.29, 0.717) is 219 Å². The summed E-state index contributed by atoms with van der Waals surface area (Å²) in [5, 5.41) is 42.6. The van der Waals surface area contributed by atoms with Gasteiger partial charge in [-0.15, -0.1) is 0 Å². The van der Waals surface area contributed by atoms with Crippen LogP contribution in [0.25, 0.3) is 0 Å². The Morgan fingerprint density at radius 2 is 0.845 bits per heavy atom. The van der Waals surface area contributed by atoms with Crippen LogP contribution < -0.4 is 31.9 Å². The van der Waals surface area contributed by atoms with E-state index in [4.69, 9.17) is 37.9 Å². The van der Waals surface area contributed by atoms with Crippen molar-refractivity contribution in [2.45, 2.75) is 122 Å². The third kappa shape index (κ3) is 29.5. The molecule has 0 bridgehead atoms. The molecule has 2 fully saturated rings. The van der Waals surface area contributed by atoms with Gasteiger partial charge in [-0.3, -0.25) is 58.9 Å². The van der Waals surface area contributed by atoms with E-state index in [2.05, 4.69) is 71.9 Å². The molecule has 32 heteroatoms. The molecule has 7 amide bonds. The third-order valence-corrected chi connectivity index (χ3v) is 19.7. The molecule has 6 heterocycles. The summed E-state index contributed by atoms with van der Waals surface area (Å²) in [6, 6.07) is 24.5. The van der Waals surface area contributed by atoms with Crippen LogP contribution in [0.4, 0.5) is 11.6 Å². The lowest BCUT2D eigenvalue weighted by Crippen LogP contribution is -2.46. The highest BCUT2D eigenvalue weighted by molar-refractivity contribution is 6.05. The van der Waals surface area contributed by atoms with Gasteiger partial charge in [-0.1, -0.05) is 54.6 Å². The number of benzene rings is 3. The Morgan fingerprint density at radius 3 is 1.26 bits per heavy atom. The number of nitrogens with one attached hydrogen (secondary N) is 8. The van der Waals surface area contributed by atoms with Crippen molar-refractivity contribution in [3.8, 4) is 0 Å². The minimum atomic E-state index is -0.722. The average Bonchev–Trinajstić information content (AvgIpc) is 1.65. The van der Waals surface area contributed by atoms with Crippen LogP contribution in [0.1, 0.15) is 131 Å². The number of aromatic nitrogens is 4. The first kappa shape index (κ1) is 85.8. The highest BCUT2D eigenvalue weighted by atomic mass is 16.5. The molecular formula is C78H116N16O16. The van der Waals surface area contributed by atoms with Crippen molar-refractivity contribution >= 4 is 53.0 Å². The second-order valence-electron chi connectivity index (χ2n) is 27.9. The second-order valence-corrected chi connectivity index (χ2v) is 27.9. The lowest BCUT2D eigenvalue weighted by molar-refractivity contribution is -0.143. The van der Waals surface area contributed by atoms with E-state index in [9.17, 15) is 38.7 Å². The smallest absolute Gasteiger partial charge is 0.256 e. The van der Waals surface area contributed by atoms with Crippen LogP contribution in [-0.2, 0) is 101 Å². The third-order valence-electron chi connectivity index (χ3n) is 19.7. The summed E-state index contributed by atoms with van der Waals surface area (Å²) in [7, 11) is 3.03. The van der Waals surface area contributed by atoms with Crippen LogP contribution in [0, 0.1) is 0 Å².